The number of rotatable bonds is 1. The van der Waals surface area contributed by atoms with Crippen LogP contribution in [0.2, 0.25) is 0 Å². The van der Waals surface area contributed by atoms with Crippen LogP contribution in [-0.2, 0) is 0 Å². The number of benzene rings is 1. The summed E-state index contributed by atoms with van der Waals surface area (Å²) in [6.07, 6.45) is 0. The lowest BCUT2D eigenvalue weighted by Gasteiger charge is -2.04. The maximum Gasteiger partial charge on any atom is 0.234 e. The Hall–Kier alpha value is -1.95. The van der Waals surface area contributed by atoms with Gasteiger partial charge in [-0.15, -0.1) is 10.2 Å². The molecule has 0 aliphatic carbocycles. The zero-order chi connectivity index (χ0) is 12.0. The molecule has 0 radical (unpaired) electrons. The van der Waals surface area contributed by atoms with E-state index in [0.29, 0.717) is 0 Å². The molecule has 0 saturated heterocycles. The molecule has 3 aromatic rings. The first-order valence-corrected chi connectivity index (χ1v) is 6.03. The van der Waals surface area contributed by atoms with Crippen LogP contribution < -0.4 is 5.73 Å². The Labute approximate surface area is 102 Å². The van der Waals surface area contributed by atoms with Crippen molar-refractivity contribution in [1.82, 2.24) is 19.8 Å². The molecule has 6 heteroatoms. The fourth-order valence-corrected chi connectivity index (χ4v) is 2.46. The van der Waals surface area contributed by atoms with E-state index in [9.17, 15) is 0 Å². The standard InChI is InChI=1S/C11H11N5S/c1-6-8(4-3-5-9(6)12)10-13-14-11-16(10)15-7(2)17-11/h3-5H,12H2,1-2H3. The summed E-state index contributed by atoms with van der Waals surface area (Å²) >= 11 is 1.52. The van der Waals surface area contributed by atoms with Gasteiger partial charge in [-0.25, -0.2) is 0 Å². The summed E-state index contributed by atoms with van der Waals surface area (Å²) < 4.78 is 1.77. The molecule has 0 aliphatic heterocycles. The van der Waals surface area contributed by atoms with E-state index in [1.54, 1.807) is 4.52 Å². The number of nitrogen functional groups attached to an aromatic ring is 1. The molecule has 0 bridgehead atoms. The molecule has 3 rings (SSSR count). The van der Waals surface area contributed by atoms with Crippen LogP contribution in [0.15, 0.2) is 18.2 Å². The summed E-state index contributed by atoms with van der Waals surface area (Å²) in [5.74, 6) is 0.745. The Morgan fingerprint density at radius 2 is 2.06 bits per heavy atom. The van der Waals surface area contributed by atoms with Gasteiger partial charge in [-0.3, -0.25) is 0 Å². The first-order valence-electron chi connectivity index (χ1n) is 5.21. The van der Waals surface area contributed by atoms with Crippen LogP contribution in [0.25, 0.3) is 16.3 Å². The highest BCUT2D eigenvalue weighted by Crippen LogP contribution is 2.26. The van der Waals surface area contributed by atoms with Crippen molar-refractivity contribution in [2.45, 2.75) is 13.8 Å². The quantitative estimate of drug-likeness (QED) is 0.666. The van der Waals surface area contributed by atoms with Crippen LogP contribution in [0, 0.1) is 13.8 Å². The molecule has 17 heavy (non-hydrogen) atoms. The average Bonchev–Trinajstić information content (AvgIpc) is 2.81. The lowest BCUT2D eigenvalue weighted by atomic mass is 10.1. The maximum absolute atomic E-state index is 5.90. The Kier molecular flexibility index (Phi) is 2.12. The number of nitrogens with two attached hydrogens (primary N) is 1. The number of aryl methyl sites for hydroxylation is 1. The summed E-state index contributed by atoms with van der Waals surface area (Å²) in [7, 11) is 0. The van der Waals surface area contributed by atoms with Crippen molar-refractivity contribution in [3.63, 3.8) is 0 Å². The van der Waals surface area contributed by atoms with E-state index in [-0.39, 0.29) is 0 Å². The Morgan fingerprint density at radius 3 is 2.88 bits per heavy atom. The van der Waals surface area contributed by atoms with Crippen LogP contribution in [0.1, 0.15) is 10.6 Å². The number of hydrogen-bond donors (Lipinski definition) is 1. The number of hydrogen-bond acceptors (Lipinski definition) is 5. The molecule has 2 N–H and O–H groups in total. The zero-order valence-electron chi connectivity index (χ0n) is 9.51. The molecular formula is C11H11N5S. The maximum atomic E-state index is 5.90. The van der Waals surface area contributed by atoms with Crippen molar-refractivity contribution in [3.05, 3.63) is 28.8 Å². The predicted octanol–water partition coefficient (Wildman–Crippen LogP) is 2.05. The van der Waals surface area contributed by atoms with Crippen molar-refractivity contribution in [1.29, 1.82) is 0 Å². The SMILES string of the molecule is Cc1nn2c(-c3cccc(N)c3C)nnc2s1. The van der Waals surface area contributed by atoms with Gasteiger partial charge < -0.3 is 5.73 Å². The minimum absolute atomic E-state index is 0.745. The van der Waals surface area contributed by atoms with E-state index < -0.39 is 0 Å². The smallest absolute Gasteiger partial charge is 0.234 e. The summed E-state index contributed by atoms with van der Waals surface area (Å²) in [5.41, 5.74) is 8.64. The third-order valence-corrected chi connectivity index (χ3v) is 3.52. The number of fused-ring (bicyclic) bond motifs is 1. The van der Waals surface area contributed by atoms with Gasteiger partial charge in [0.2, 0.25) is 4.96 Å². The fraction of sp³-hybridized carbons (Fsp3) is 0.182. The molecule has 2 heterocycles. The second-order valence-electron chi connectivity index (χ2n) is 3.86. The van der Waals surface area contributed by atoms with Gasteiger partial charge in [0.05, 0.1) is 0 Å². The van der Waals surface area contributed by atoms with E-state index >= 15 is 0 Å². The van der Waals surface area contributed by atoms with Gasteiger partial charge in [0.1, 0.15) is 5.01 Å². The Balaban J connectivity index is 2.30. The van der Waals surface area contributed by atoms with E-state index in [2.05, 4.69) is 15.3 Å². The highest BCUT2D eigenvalue weighted by molar-refractivity contribution is 7.16. The van der Waals surface area contributed by atoms with Crippen LogP contribution in [0.3, 0.4) is 0 Å². The largest absolute Gasteiger partial charge is 0.398 e. The van der Waals surface area contributed by atoms with Gasteiger partial charge >= 0.3 is 0 Å². The minimum atomic E-state index is 0.745. The number of nitrogens with zero attached hydrogens (tertiary/aromatic N) is 4. The van der Waals surface area contributed by atoms with Gasteiger partial charge in [0, 0.05) is 11.3 Å². The molecule has 86 valence electrons. The summed E-state index contributed by atoms with van der Waals surface area (Å²) in [5, 5.41) is 13.6. The first-order chi connectivity index (χ1) is 8.16. The van der Waals surface area contributed by atoms with Crippen molar-refractivity contribution >= 4 is 22.0 Å². The third-order valence-electron chi connectivity index (χ3n) is 2.71. The normalized spacial score (nSPS) is 11.2. The molecule has 0 unspecified atom stereocenters. The molecule has 0 atom stereocenters. The minimum Gasteiger partial charge on any atom is -0.398 e. The number of aromatic nitrogens is 4. The molecule has 0 fully saturated rings. The Morgan fingerprint density at radius 1 is 1.24 bits per heavy atom. The lowest BCUT2D eigenvalue weighted by molar-refractivity contribution is 0.939. The average molecular weight is 245 g/mol. The van der Waals surface area contributed by atoms with Gasteiger partial charge in [-0.05, 0) is 25.5 Å². The second-order valence-corrected chi connectivity index (χ2v) is 5.02. The summed E-state index contributed by atoms with van der Waals surface area (Å²) in [6.45, 7) is 3.93. The highest BCUT2D eigenvalue weighted by atomic mass is 32.1. The van der Waals surface area contributed by atoms with Crippen molar-refractivity contribution in [3.8, 4) is 11.4 Å². The predicted molar refractivity (Wildman–Crippen MR) is 68.0 cm³/mol. The topological polar surface area (TPSA) is 69.1 Å². The van der Waals surface area contributed by atoms with Gasteiger partial charge in [0.15, 0.2) is 5.82 Å². The van der Waals surface area contributed by atoms with Crippen LogP contribution >= 0.6 is 11.3 Å². The molecule has 0 aliphatic rings. The summed E-state index contributed by atoms with van der Waals surface area (Å²) in [4.78, 5) is 0.805. The van der Waals surface area contributed by atoms with Crippen molar-refractivity contribution < 1.29 is 0 Å². The van der Waals surface area contributed by atoms with E-state index in [1.165, 1.54) is 11.3 Å². The number of anilines is 1. The molecular weight excluding hydrogens is 234 g/mol. The molecule has 0 amide bonds. The zero-order valence-corrected chi connectivity index (χ0v) is 10.3. The summed E-state index contributed by atoms with van der Waals surface area (Å²) in [6, 6.07) is 5.78. The molecule has 2 aromatic heterocycles. The van der Waals surface area contributed by atoms with Crippen LogP contribution in [0.5, 0.6) is 0 Å². The third kappa shape index (κ3) is 1.49. The van der Waals surface area contributed by atoms with Gasteiger partial charge in [-0.1, -0.05) is 23.5 Å². The van der Waals surface area contributed by atoms with Crippen LogP contribution in [0.4, 0.5) is 5.69 Å². The van der Waals surface area contributed by atoms with Gasteiger partial charge in [0.25, 0.3) is 0 Å². The molecule has 1 aromatic carbocycles. The first kappa shape index (κ1) is 10.2. The van der Waals surface area contributed by atoms with Crippen molar-refractivity contribution in [2.24, 2.45) is 0 Å². The van der Waals surface area contributed by atoms with E-state index in [1.807, 2.05) is 32.0 Å². The Bertz CT molecular complexity index is 697. The van der Waals surface area contributed by atoms with Crippen LogP contribution in [-0.4, -0.2) is 19.8 Å². The molecule has 0 spiro atoms. The monoisotopic (exact) mass is 245 g/mol. The van der Waals surface area contributed by atoms with Gasteiger partial charge in [-0.2, -0.15) is 9.61 Å². The molecule has 5 nitrogen and oxygen atoms in total. The second kappa shape index (κ2) is 3.53. The molecule has 0 saturated carbocycles. The lowest BCUT2D eigenvalue weighted by Crippen LogP contribution is -1.96. The fourth-order valence-electron chi connectivity index (χ4n) is 1.78. The van der Waals surface area contributed by atoms with E-state index in [4.69, 9.17) is 5.73 Å². The van der Waals surface area contributed by atoms with Crippen molar-refractivity contribution in [2.75, 3.05) is 5.73 Å². The highest BCUT2D eigenvalue weighted by Gasteiger charge is 2.14. The van der Waals surface area contributed by atoms with E-state index in [0.717, 1.165) is 32.6 Å².